The molecule has 0 spiro atoms. The minimum absolute atomic E-state index is 0.0214. The van der Waals surface area contributed by atoms with E-state index in [2.05, 4.69) is 5.32 Å². The predicted molar refractivity (Wildman–Crippen MR) is 113 cm³/mol. The van der Waals surface area contributed by atoms with E-state index in [4.69, 9.17) is 4.74 Å². The zero-order valence-corrected chi connectivity index (χ0v) is 18.4. The lowest BCUT2D eigenvalue weighted by atomic mass is 9.97. The van der Waals surface area contributed by atoms with Crippen LogP contribution in [0, 0.1) is 12.8 Å². The zero-order valence-electron chi connectivity index (χ0n) is 17.6. The van der Waals surface area contributed by atoms with Gasteiger partial charge in [0.15, 0.2) is 0 Å². The van der Waals surface area contributed by atoms with Gasteiger partial charge in [-0.1, -0.05) is 29.8 Å². The van der Waals surface area contributed by atoms with Gasteiger partial charge in [0.1, 0.15) is 12.4 Å². The fourth-order valence-electron chi connectivity index (χ4n) is 3.55. The summed E-state index contributed by atoms with van der Waals surface area (Å²) in [5.74, 6) is 0.0754. The second-order valence-corrected chi connectivity index (χ2v) is 9.53. The summed E-state index contributed by atoms with van der Waals surface area (Å²) < 4.78 is 71.9. The van der Waals surface area contributed by atoms with E-state index in [0.29, 0.717) is 12.3 Å². The molecule has 32 heavy (non-hydrogen) atoms. The van der Waals surface area contributed by atoms with Crippen molar-refractivity contribution in [3.8, 4) is 5.75 Å². The molecule has 1 saturated heterocycles. The average Bonchev–Trinajstić information content (AvgIpc) is 2.77. The third-order valence-electron chi connectivity index (χ3n) is 5.33. The number of nitrogens with zero attached hydrogens (tertiary/aromatic N) is 1. The average molecular weight is 471 g/mol. The van der Waals surface area contributed by atoms with Gasteiger partial charge in [-0.15, -0.1) is 0 Å². The molecule has 1 fully saturated rings. The van der Waals surface area contributed by atoms with Gasteiger partial charge in [-0.2, -0.15) is 17.5 Å². The summed E-state index contributed by atoms with van der Waals surface area (Å²) in [6, 6.07) is 11.7. The van der Waals surface area contributed by atoms with E-state index in [1.807, 2.05) is 31.2 Å². The lowest BCUT2D eigenvalue weighted by molar-refractivity contribution is -0.139. The number of nitrogens with one attached hydrogen (secondary N) is 1. The lowest BCUT2D eigenvalue weighted by Crippen LogP contribution is -2.43. The van der Waals surface area contributed by atoms with E-state index in [-0.39, 0.29) is 38.4 Å². The Balaban J connectivity index is 1.51. The van der Waals surface area contributed by atoms with Gasteiger partial charge in [-0.25, -0.2) is 8.42 Å². The largest absolute Gasteiger partial charge is 0.492 e. The van der Waals surface area contributed by atoms with E-state index in [1.54, 1.807) is 0 Å². The van der Waals surface area contributed by atoms with Gasteiger partial charge < -0.3 is 10.1 Å². The lowest BCUT2D eigenvalue weighted by Gasteiger charge is -2.31. The van der Waals surface area contributed by atoms with Crippen molar-refractivity contribution in [3.63, 3.8) is 0 Å². The van der Waals surface area contributed by atoms with Crippen LogP contribution in [-0.2, 0) is 21.0 Å². The van der Waals surface area contributed by atoms with Crippen molar-refractivity contribution in [1.29, 1.82) is 0 Å². The summed E-state index contributed by atoms with van der Waals surface area (Å²) in [5, 5.41) is 2.77. The SMILES string of the molecule is Cc1ccc(OCCNC(=O)C2CCN(S(=O)(=O)c3ccccc3C(F)(F)F)CC2)cc1. The smallest absolute Gasteiger partial charge is 0.417 e. The molecule has 0 aromatic heterocycles. The number of sulfonamides is 1. The van der Waals surface area contributed by atoms with Gasteiger partial charge in [-0.3, -0.25) is 4.79 Å². The number of amides is 1. The molecule has 0 unspecified atom stereocenters. The van der Waals surface area contributed by atoms with Crippen LogP contribution in [0.15, 0.2) is 53.4 Å². The number of ether oxygens (including phenoxy) is 1. The maximum absolute atomic E-state index is 13.2. The Bertz CT molecular complexity index is 1030. The molecule has 0 radical (unpaired) electrons. The minimum atomic E-state index is -4.78. The van der Waals surface area contributed by atoms with Crippen molar-refractivity contribution in [1.82, 2.24) is 9.62 Å². The molecule has 0 saturated carbocycles. The topological polar surface area (TPSA) is 75.7 Å². The van der Waals surface area contributed by atoms with Crippen LogP contribution in [0.5, 0.6) is 5.75 Å². The third-order valence-corrected chi connectivity index (χ3v) is 7.28. The van der Waals surface area contributed by atoms with Gasteiger partial charge in [0.05, 0.1) is 17.0 Å². The van der Waals surface area contributed by atoms with Gasteiger partial charge in [0, 0.05) is 19.0 Å². The first kappa shape index (κ1) is 24.1. The number of hydrogen-bond acceptors (Lipinski definition) is 4. The highest BCUT2D eigenvalue weighted by atomic mass is 32.2. The molecule has 2 aromatic rings. The molecule has 174 valence electrons. The molecule has 10 heteroatoms. The molecule has 1 N–H and O–H groups in total. The van der Waals surface area contributed by atoms with Crippen LogP contribution in [-0.4, -0.2) is 44.9 Å². The molecule has 2 aromatic carbocycles. The second kappa shape index (κ2) is 9.91. The fraction of sp³-hybridized carbons (Fsp3) is 0.409. The molecule has 1 aliphatic rings. The van der Waals surface area contributed by atoms with Gasteiger partial charge >= 0.3 is 6.18 Å². The maximum Gasteiger partial charge on any atom is 0.417 e. The van der Waals surface area contributed by atoms with Gasteiger partial charge in [0.2, 0.25) is 15.9 Å². The molecule has 1 amide bonds. The Labute approximate surface area is 185 Å². The molecule has 0 bridgehead atoms. The van der Waals surface area contributed by atoms with Crippen molar-refractivity contribution in [2.75, 3.05) is 26.2 Å². The van der Waals surface area contributed by atoms with Crippen LogP contribution in [0.3, 0.4) is 0 Å². The molecule has 0 aliphatic carbocycles. The first-order chi connectivity index (χ1) is 15.1. The number of halogens is 3. The van der Waals surface area contributed by atoms with E-state index < -0.39 is 32.6 Å². The Kier molecular flexibility index (Phi) is 7.45. The first-order valence-corrected chi connectivity index (χ1v) is 11.7. The van der Waals surface area contributed by atoms with Crippen molar-refractivity contribution < 1.29 is 31.1 Å². The fourth-order valence-corrected chi connectivity index (χ4v) is 5.23. The first-order valence-electron chi connectivity index (χ1n) is 10.2. The third kappa shape index (κ3) is 5.80. The van der Waals surface area contributed by atoms with E-state index in [1.165, 1.54) is 6.07 Å². The summed E-state index contributed by atoms with van der Waals surface area (Å²) in [5.41, 5.74) is -0.0747. The number of piperidine rings is 1. The van der Waals surface area contributed by atoms with Gasteiger partial charge in [0.25, 0.3) is 0 Å². The van der Waals surface area contributed by atoms with Crippen LogP contribution in [0.2, 0.25) is 0 Å². The summed E-state index contributed by atoms with van der Waals surface area (Å²) in [7, 11) is -4.32. The van der Waals surface area contributed by atoms with Crippen LogP contribution in [0.4, 0.5) is 13.2 Å². The number of hydrogen-bond donors (Lipinski definition) is 1. The minimum Gasteiger partial charge on any atom is -0.492 e. The summed E-state index contributed by atoms with van der Waals surface area (Å²) in [4.78, 5) is 11.6. The maximum atomic E-state index is 13.2. The Hall–Kier alpha value is -2.59. The summed E-state index contributed by atoms with van der Waals surface area (Å²) >= 11 is 0. The van der Waals surface area contributed by atoms with Gasteiger partial charge in [-0.05, 0) is 44.0 Å². The van der Waals surface area contributed by atoms with Crippen LogP contribution >= 0.6 is 0 Å². The normalized spacial score (nSPS) is 16.0. The van der Waals surface area contributed by atoms with E-state index >= 15 is 0 Å². The van der Waals surface area contributed by atoms with E-state index in [9.17, 15) is 26.4 Å². The molecular weight excluding hydrogens is 445 g/mol. The Morgan fingerprint density at radius 1 is 1.09 bits per heavy atom. The Morgan fingerprint density at radius 3 is 2.34 bits per heavy atom. The van der Waals surface area contributed by atoms with Crippen LogP contribution in [0.1, 0.15) is 24.0 Å². The number of carbonyl (C=O) groups is 1. The molecule has 1 aliphatic heterocycles. The van der Waals surface area contributed by atoms with Crippen molar-refractivity contribution in [2.45, 2.75) is 30.8 Å². The highest BCUT2D eigenvalue weighted by molar-refractivity contribution is 7.89. The number of aryl methyl sites for hydroxylation is 1. The van der Waals surface area contributed by atoms with Crippen molar-refractivity contribution in [2.24, 2.45) is 5.92 Å². The number of rotatable bonds is 7. The second-order valence-electron chi connectivity index (χ2n) is 7.62. The summed E-state index contributed by atoms with van der Waals surface area (Å²) in [6.45, 7) is 2.51. The molecular formula is C22H25F3N2O4S. The van der Waals surface area contributed by atoms with Crippen LogP contribution in [0.25, 0.3) is 0 Å². The van der Waals surface area contributed by atoms with E-state index in [0.717, 1.165) is 28.1 Å². The zero-order chi connectivity index (χ0) is 23.4. The monoisotopic (exact) mass is 470 g/mol. The predicted octanol–water partition coefficient (Wildman–Crippen LogP) is 3.61. The Morgan fingerprint density at radius 2 is 1.72 bits per heavy atom. The van der Waals surface area contributed by atoms with Crippen LogP contribution < -0.4 is 10.1 Å². The molecule has 1 heterocycles. The quantitative estimate of drug-likeness (QED) is 0.628. The standard InChI is InChI=1S/C22H25F3N2O4S/c1-16-6-8-18(9-7-16)31-15-12-26-21(28)17-10-13-27(14-11-17)32(29,30)20-5-3-2-4-19(20)22(23,24)25/h2-9,17H,10-15H2,1H3,(H,26,28). The summed E-state index contributed by atoms with van der Waals surface area (Å²) in [6.07, 6.45) is -4.31. The highest BCUT2D eigenvalue weighted by Crippen LogP contribution is 2.36. The molecule has 0 atom stereocenters. The number of alkyl halides is 3. The van der Waals surface area contributed by atoms with Crippen molar-refractivity contribution in [3.05, 3.63) is 59.7 Å². The van der Waals surface area contributed by atoms with Crippen molar-refractivity contribution >= 4 is 15.9 Å². The molecule has 6 nitrogen and oxygen atoms in total. The highest BCUT2D eigenvalue weighted by Gasteiger charge is 2.40. The number of benzene rings is 2. The molecule has 3 rings (SSSR count). The number of carbonyl (C=O) groups excluding carboxylic acids is 1.